The van der Waals surface area contributed by atoms with Gasteiger partial charge in [0.2, 0.25) is 10.0 Å². The maximum atomic E-state index is 12.2. The second-order valence-corrected chi connectivity index (χ2v) is 7.00. The molecule has 0 saturated heterocycles. The molecule has 26 heavy (non-hydrogen) atoms. The summed E-state index contributed by atoms with van der Waals surface area (Å²) in [5.41, 5.74) is 0.434. The average Bonchev–Trinajstić information content (AvgIpc) is 2.58. The van der Waals surface area contributed by atoms with Crippen molar-refractivity contribution in [1.82, 2.24) is 0 Å². The van der Waals surface area contributed by atoms with Crippen molar-refractivity contribution in [3.8, 4) is 11.5 Å². The van der Waals surface area contributed by atoms with Crippen LogP contribution in [-0.4, -0.2) is 39.1 Å². The molecule has 138 valence electrons. The number of non-ortho nitro benzene ring substituents is 1. The molecule has 1 N–H and O–H groups in total. The summed E-state index contributed by atoms with van der Waals surface area (Å²) >= 11 is 0. The number of methoxy groups -OCH3 is 1. The van der Waals surface area contributed by atoms with Crippen LogP contribution < -0.4 is 14.2 Å². The molecule has 0 atom stereocenters. The van der Waals surface area contributed by atoms with Gasteiger partial charge < -0.3 is 9.47 Å². The molecule has 2 rings (SSSR count). The Bertz CT molecular complexity index is 924. The third kappa shape index (κ3) is 5.18. The van der Waals surface area contributed by atoms with E-state index in [0.29, 0.717) is 11.3 Å². The topological polar surface area (TPSA) is 125 Å². The average molecular weight is 380 g/mol. The van der Waals surface area contributed by atoms with Crippen molar-refractivity contribution in [3.05, 3.63) is 58.1 Å². The molecule has 0 aromatic heterocycles. The first kappa shape index (κ1) is 19.2. The van der Waals surface area contributed by atoms with Crippen LogP contribution in [0.5, 0.6) is 11.5 Å². The molecule has 2 aromatic carbocycles. The van der Waals surface area contributed by atoms with Gasteiger partial charge in [0.1, 0.15) is 0 Å². The van der Waals surface area contributed by atoms with Crippen LogP contribution in [0.3, 0.4) is 0 Å². The van der Waals surface area contributed by atoms with E-state index in [4.69, 9.17) is 9.47 Å². The molecule has 0 spiro atoms. The Balaban J connectivity index is 2.09. The van der Waals surface area contributed by atoms with Gasteiger partial charge in [-0.2, -0.15) is 0 Å². The van der Waals surface area contributed by atoms with Crippen LogP contribution in [0.25, 0.3) is 0 Å². The van der Waals surface area contributed by atoms with E-state index in [1.807, 2.05) is 0 Å². The highest BCUT2D eigenvalue weighted by atomic mass is 32.2. The van der Waals surface area contributed by atoms with E-state index >= 15 is 0 Å². The molecule has 0 fully saturated rings. The first-order valence-corrected chi connectivity index (χ1v) is 9.15. The summed E-state index contributed by atoms with van der Waals surface area (Å²) in [7, 11) is -2.03. The lowest BCUT2D eigenvalue weighted by atomic mass is 10.1. The highest BCUT2D eigenvalue weighted by Gasteiger charge is 2.15. The summed E-state index contributed by atoms with van der Waals surface area (Å²) in [5.74, 6) is -0.0500. The van der Waals surface area contributed by atoms with Crippen LogP contribution in [0, 0.1) is 10.1 Å². The van der Waals surface area contributed by atoms with E-state index in [-0.39, 0.29) is 29.6 Å². The van der Waals surface area contributed by atoms with Crippen LogP contribution in [0.4, 0.5) is 11.4 Å². The fraction of sp³-hybridized carbons (Fsp3) is 0.188. The minimum Gasteiger partial charge on any atom is -0.493 e. The number of nitrogens with zero attached hydrogens (tertiary/aromatic N) is 1. The second kappa shape index (κ2) is 7.83. The first-order valence-electron chi connectivity index (χ1n) is 7.26. The van der Waals surface area contributed by atoms with Gasteiger partial charge in [-0.15, -0.1) is 0 Å². The van der Waals surface area contributed by atoms with Gasteiger partial charge in [-0.05, 0) is 30.3 Å². The standard InChI is InChI=1S/C16H16N2O7S/c1-24-15-8-7-13(18(20)21)9-16(15)25-10-14(19)11-3-5-12(6-4-11)17-26(2,22)23/h3-9,17H,10H2,1-2H3. The van der Waals surface area contributed by atoms with Gasteiger partial charge in [-0.25, -0.2) is 8.42 Å². The molecule has 0 aliphatic heterocycles. The minimum absolute atomic E-state index is 0.0745. The number of nitrogens with one attached hydrogen (secondary N) is 1. The quantitative estimate of drug-likeness (QED) is 0.423. The molecule has 2 aromatic rings. The number of benzene rings is 2. The van der Waals surface area contributed by atoms with Gasteiger partial charge >= 0.3 is 0 Å². The van der Waals surface area contributed by atoms with E-state index in [1.165, 1.54) is 49.6 Å². The number of hydrogen-bond acceptors (Lipinski definition) is 7. The van der Waals surface area contributed by atoms with E-state index in [9.17, 15) is 23.3 Å². The summed E-state index contributed by atoms with van der Waals surface area (Å²) in [6, 6.07) is 9.61. The van der Waals surface area contributed by atoms with Gasteiger partial charge in [0.15, 0.2) is 23.9 Å². The van der Waals surface area contributed by atoms with Crippen molar-refractivity contribution < 1.29 is 27.6 Å². The highest BCUT2D eigenvalue weighted by Crippen LogP contribution is 2.31. The third-order valence-corrected chi connectivity index (χ3v) is 3.83. The third-order valence-electron chi connectivity index (χ3n) is 3.23. The van der Waals surface area contributed by atoms with Crippen molar-refractivity contribution in [2.75, 3.05) is 24.7 Å². The van der Waals surface area contributed by atoms with Crippen LogP contribution in [0.1, 0.15) is 10.4 Å². The van der Waals surface area contributed by atoms with Crippen molar-refractivity contribution in [2.45, 2.75) is 0 Å². The van der Waals surface area contributed by atoms with Crippen molar-refractivity contribution in [3.63, 3.8) is 0 Å². The predicted molar refractivity (Wildman–Crippen MR) is 94.4 cm³/mol. The van der Waals surface area contributed by atoms with Crippen LogP contribution >= 0.6 is 0 Å². The fourth-order valence-electron chi connectivity index (χ4n) is 2.06. The molecule has 0 radical (unpaired) electrons. The zero-order valence-corrected chi connectivity index (χ0v) is 14.8. The molecular weight excluding hydrogens is 364 g/mol. The number of Topliss-reactive ketones (excluding diaryl/α,β-unsaturated/α-hetero) is 1. The van der Waals surface area contributed by atoms with Crippen molar-refractivity contribution in [1.29, 1.82) is 0 Å². The smallest absolute Gasteiger partial charge is 0.273 e. The van der Waals surface area contributed by atoms with Crippen molar-refractivity contribution >= 4 is 27.2 Å². The summed E-state index contributed by atoms with van der Waals surface area (Å²) in [6.45, 7) is -0.365. The number of hydrogen-bond donors (Lipinski definition) is 1. The summed E-state index contributed by atoms with van der Waals surface area (Å²) < 4.78 is 35.0. The number of nitro benzene ring substituents is 1. The zero-order chi connectivity index (χ0) is 19.3. The van der Waals surface area contributed by atoms with E-state index in [0.717, 1.165) is 6.26 Å². The van der Waals surface area contributed by atoms with Crippen LogP contribution in [0.2, 0.25) is 0 Å². The number of carbonyl (C=O) groups is 1. The molecule has 10 heteroatoms. The largest absolute Gasteiger partial charge is 0.493 e. The summed E-state index contributed by atoms with van der Waals surface area (Å²) in [6.07, 6.45) is 1.02. The molecule has 0 saturated carbocycles. The molecule has 0 amide bonds. The second-order valence-electron chi connectivity index (χ2n) is 5.26. The number of nitro groups is 1. The lowest BCUT2D eigenvalue weighted by Crippen LogP contribution is -2.13. The minimum atomic E-state index is -3.40. The van der Waals surface area contributed by atoms with Crippen molar-refractivity contribution in [2.24, 2.45) is 0 Å². The van der Waals surface area contributed by atoms with Gasteiger partial charge in [-0.3, -0.25) is 19.6 Å². The molecular formula is C16H16N2O7S. The number of rotatable bonds is 8. The van der Waals surface area contributed by atoms with E-state index in [1.54, 1.807) is 0 Å². The monoisotopic (exact) mass is 380 g/mol. The molecule has 0 aliphatic rings. The van der Waals surface area contributed by atoms with Gasteiger partial charge in [0.25, 0.3) is 5.69 Å². The van der Waals surface area contributed by atoms with Gasteiger partial charge in [-0.1, -0.05) is 0 Å². The Morgan fingerprint density at radius 2 is 1.81 bits per heavy atom. The predicted octanol–water partition coefficient (Wildman–Crippen LogP) is 2.24. The summed E-state index contributed by atoms with van der Waals surface area (Å²) in [5, 5.41) is 10.8. The first-order chi connectivity index (χ1) is 12.2. The molecule has 9 nitrogen and oxygen atoms in total. The maximum Gasteiger partial charge on any atom is 0.273 e. The highest BCUT2D eigenvalue weighted by molar-refractivity contribution is 7.92. The Kier molecular flexibility index (Phi) is 5.78. The number of anilines is 1. The number of ether oxygens (including phenoxy) is 2. The van der Waals surface area contributed by atoms with Gasteiger partial charge in [0, 0.05) is 17.3 Å². The lowest BCUT2D eigenvalue weighted by molar-refractivity contribution is -0.385. The Morgan fingerprint density at radius 1 is 1.15 bits per heavy atom. The molecule has 0 heterocycles. The van der Waals surface area contributed by atoms with E-state index < -0.39 is 14.9 Å². The van der Waals surface area contributed by atoms with E-state index in [2.05, 4.69) is 4.72 Å². The SMILES string of the molecule is COc1ccc([N+](=O)[O-])cc1OCC(=O)c1ccc(NS(C)(=O)=O)cc1. The summed E-state index contributed by atoms with van der Waals surface area (Å²) in [4.78, 5) is 22.4. The Labute approximate surface area is 149 Å². The van der Waals surface area contributed by atoms with Crippen LogP contribution in [-0.2, 0) is 10.0 Å². The Hall–Kier alpha value is -3.14. The lowest BCUT2D eigenvalue weighted by Gasteiger charge is -2.10. The fourth-order valence-corrected chi connectivity index (χ4v) is 2.62. The zero-order valence-electron chi connectivity index (χ0n) is 14.0. The van der Waals surface area contributed by atoms with Crippen LogP contribution in [0.15, 0.2) is 42.5 Å². The normalized spacial score (nSPS) is 10.8. The number of ketones is 1. The Morgan fingerprint density at radius 3 is 2.35 bits per heavy atom. The maximum absolute atomic E-state index is 12.2. The molecule has 0 unspecified atom stereocenters. The molecule has 0 bridgehead atoms. The van der Waals surface area contributed by atoms with Gasteiger partial charge in [0.05, 0.1) is 24.4 Å². The molecule has 0 aliphatic carbocycles. The number of carbonyl (C=O) groups excluding carboxylic acids is 1. The number of sulfonamides is 1.